The number of carbonyl (C=O) groups is 2. The first-order valence-electron chi connectivity index (χ1n) is 6.63. The third-order valence-corrected chi connectivity index (χ3v) is 3.16. The predicted molar refractivity (Wildman–Crippen MR) is 76.1 cm³/mol. The minimum atomic E-state index is -1.70. The second kappa shape index (κ2) is 7.76. The number of carbonyl (C=O) groups excluding carboxylic acids is 1. The minimum absolute atomic E-state index is 0.496. The minimum Gasteiger partial charge on any atom is -0.478 e. The van der Waals surface area contributed by atoms with E-state index in [4.69, 9.17) is 26.1 Å². The van der Waals surface area contributed by atoms with Crippen molar-refractivity contribution in [3.8, 4) is 0 Å². The number of guanidine groups is 1. The molecule has 1 amide bonds. The smallest absolute Gasteiger partial charge is 0.370 e. The van der Waals surface area contributed by atoms with Gasteiger partial charge in [-0.1, -0.05) is 0 Å². The van der Waals surface area contributed by atoms with E-state index in [1.165, 1.54) is 6.92 Å². The van der Waals surface area contributed by atoms with Crippen molar-refractivity contribution in [2.45, 2.75) is 37.3 Å². The first kappa shape index (κ1) is 18.7. The van der Waals surface area contributed by atoms with Gasteiger partial charge in [0.25, 0.3) is 0 Å². The van der Waals surface area contributed by atoms with Crippen LogP contribution in [0, 0.1) is 5.41 Å². The highest BCUT2D eigenvalue weighted by atomic mass is 16.5. The van der Waals surface area contributed by atoms with Crippen molar-refractivity contribution < 1.29 is 34.8 Å². The highest BCUT2D eigenvalue weighted by Crippen LogP contribution is 2.23. The van der Waals surface area contributed by atoms with E-state index >= 15 is 0 Å². The molecule has 5 atom stereocenters. The third-order valence-electron chi connectivity index (χ3n) is 3.16. The van der Waals surface area contributed by atoms with Crippen LogP contribution in [0.3, 0.4) is 0 Å². The fraction of sp³-hybridized carbons (Fsp3) is 0.583. The van der Waals surface area contributed by atoms with Gasteiger partial charge in [0.15, 0.2) is 5.96 Å². The molecule has 0 saturated heterocycles. The van der Waals surface area contributed by atoms with Crippen molar-refractivity contribution in [1.29, 1.82) is 5.41 Å². The Labute approximate surface area is 131 Å². The zero-order valence-electron chi connectivity index (χ0n) is 12.3. The number of amides is 1. The molecule has 0 fully saturated rings. The molecule has 0 aliphatic carbocycles. The van der Waals surface area contributed by atoms with Crippen LogP contribution in [-0.2, 0) is 14.3 Å². The lowest BCUT2D eigenvalue weighted by Crippen LogP contribution is -2.64. The number of aliphatic hydroxyl groups excluding tert-OH is 3. The monoisotopic (exact) mass is 332 g/mol. The van der Waals surface area contributed by atoms with E-state index in [0.717, 1.165) is 6.08 Å². The highest BCUT2D eigenvalue weighted by Gasteiger charge is 2.43. The summed E-state index contributed by atoms with van der Waals surface area (Å²) in [5.41, 5.74) is 5.24. The number of ether oxygens (including phenoxy) is 1. The Morgan fingerprint density at radius 1 is 1.43 bits per heavy atom. The van der Waals surface area contributed by atoms with Crippen LogP contribution in [0.5, 0.6) is 0 Å². The molecular formula is C12H20N4O7. The van der Waals surface area contributed by atoms with Crippen LogP contribution < -0.4 is 16.4 Å². The lowest BCUT2D eigenvalue weighted by molar-refractivity contribution is -0.146. The van der Waals surface area contributed by atoms with E-state index in [9.17, 15) is 19.8 Å². The van der Waals surface area contributed by atoms with Gasteiger partial charge in [-0.3, -0.25) is 10.2 Å². The van der Waals surface area contributed by atoms with Gasteiger partial charge in [0.2, 0.25) is 11.7 Å². The topological polar surface area (TPSA) is 198 Å². The van der Waals surface area contributed by atoms with Crippen LogP contribution in [0.15, 0.2) is 11.8 Å². The SMILES string of the molecule is CC(=O)N[C@H]1[C@H]([C@H](O)[C@H](O)CO)OC(C(=O)O)=C[C@H]1NC(=N)N. The fourth-order valence-electron chi connectivity index (χ4n) is 2.18. The summed E-state index contributed by atoms with van der Waals surface area (Å²) in [5.74, 6) is -3.02. The number of nitrogens with one attached hydrogen (secondary N) is 3. The van der Waals surface area contributed by atoms with Gasteiger partial charge in [0, 0.05) is 6.92 Å². The van der Waals surface area contributed by atoms with Crippen LogP contribution in [0.2, 0.25) is 0 Å². The normalized spacial score (nSPS) is 26.3. The Kier molecular flexibility index (Phi) is 6.30. The van der Waals surface area contributed by atoms with Crippen LogP contribution in [0.1, 0.15) is 6.92 Å². The zero-order valence-corrected chi connectivity index (χ0v) is 12.3. The average Bonchev–Trinajstić information content (AvgIpc) is 2.45. The van der Waals surface area contributed by atoms with Crippen molar-refractivity contribution in [1.82, 2.24) is 10.6 Å². The Morgan fingerprint density at radius 3 is 2.48 bits per heavy atom. The second-order valence-corrected chi connectivity index (χ2v) is 4.97. The summed E-state index contributed by atoms with van der Waals surface area (Å²) in [6, 6.07) is -2.03. The van der Waals surface area contributed by atoms with Gasteiger partial charge in [-0.05, 0) is 6.08 Å². The van der Waals surface area contributed by atoms with Crippen LogP contribution in [-0.4, -0.2) is 75.3 Å². The van der Waals surface area contributed by atoms with Gasteiger partial charge >= 0.3 is 5.97 Å². The summed E-state index contributed by atoms with van der Waals surface area (Å²) in [4.78, 5) is 22.5. The molecule has 23 heavy (non-hydrogen) atoms. The van der Waals surface area contributed by atoms with Crippen molar-refractivity contribution in [3.63, 3.8) is 0 Å². The van der Waals surface area contributed by atoms with E-state index in [1.807, 2.05) is 0 Å². The number of nitrogens with two attached hydrogens (primary N) is 1. The van der Waals surface area contributed by atoms with Gasteiger partial charge in [0.05, 0.1) is 18.7 Å². The molecule has 0 unspecified atom stereocenters. The van der Waals surface area contributed by atoms with Gasteiger partial charge in [0.1, 0.15) is 18.3 Å². The molecule has 0 saturated carbocycles. The predicted octanol–water partition coefficient (Wildman–Crippen LogP) is -3.58. The molecule has 1 aliphatic rings. The lowest BCUT2D eigenvalue weighted by Gasteiger charge is -2.40. The summed E-state index contributed by atoms with van der Waals surface area (Å²) in [5, 5.41) is 49.8. The Balaban J connectivity index is 3.22. The summed E-state index contributed by atoms with van der Waals surface area (Å²) in [7, 11) is 0. The van der Waals surface area contributed by atoms with Gasteiger partial charge in [-0.25, -0.2) is 4.79 Å². The number of hydrogen-bond donors (Lipinski definition) is 8. The molecule has 11 nitrogen and oxygen atoms in total. The zero-order chi connectivity index (χ0) is 17.7. The molecule has 0 spiro atoms. The molecule has 1 aliphatic heterocycles. The second-order valence-electron chi connectivity index (χ2n) is 4.97. The average molecular weight is 332 g/mol. The van der Waals surface area contributed by atoms with Crippen molar-refractivity contribution in [2.24, 2.45) is 5.73 Å². The molecule has 0 aromatic heterocycles. The Bertz CT molecular complexity index is 510. The van der Waals surface area contributed by atoms with Gasteiger partial charge in [-0.15, -0.1) is 0 Å². The Hall–Kier alpha value is -2.37. The lowest BCUT2D eigenvalue weighted by atomic mass is 9.92. The first-order chi connectivity index (χ1) is 10.7. The number of aliphatic carboxylic acids is 1. The Morgan fingerprint density at radius 2 is 2.04 bits per heavy atom. The van der Waals surface area contributed by atoms with Gasteiger partial charge < -0.3 is 41.5 Å². The molecule has 0 aromatic carbocycles. The molecule has 11 heteroatoms. The standard InChI is InChI=1S/C12H20N4O7/c1-4(18)15-8-5(16-12(13)14)2-7(11(21)22)23-10(8)9(20)6(19)3-17/h2,5-6,8-10,17,19-20H,3H2,1H3,(H,15,18)(H,21,22)(H4,13,14,16)/t5-,6-,8-,9-,10-/m1/s1. The highest BCUT2D eigenvalue weighted by molar-refractivity contribution is 5.85. The van der Waals surface area contributed by atoms with Crippen LogP contribution >= 0.6 is 0 Å². The quantitative estimate of drug-likeness (QED) is 0.179. The third kappa shape index (κ3) is 4.81. The van der Waals surface area contributed by atoms with E-state index in [0.29, 0.717) is 0 Å². The molecular weight excluding hydrogens is 312 g/mol. The molecule has 0 aromatic rings. The van der Waals surface area contributed by atoms with E-state index in [2.05, 4.69) is 10.6 Å². The first-order valence-corrected chi connectivity index (χ1v) is 6.63. The van der Waals surface area contributed by atoms with E-state index < -0.39 is 60.6 Å². The van der Waals surface area contributed by atoms with Crippen molar-refractivity contribution in [3.05, 3.63) is 11.8 Å². The molecule has 0 bridgehead atoms. The van der Waals surface area contributed by atoms with E-state index in [-0.39, 0.29) is 0 Å². The fourth-order valence-corrected chi connectivity index (χ4v) is 2.18. The largest absolute Gasteiger partial charge is 0.478 e. The van der Waals surface area contributed by atoms with E-state index in [1.54, 1.807) is 0 Å². The van der Waals surface area contributed by atoms with Crippen molar-refractivity contribution >= 4 is 17.8 Å². The molecule has 1 rings (SSSR count). The van der Waals surface area contributed by atoms with Gasteiger partial charge in [-0.2, -0.15) is 0 Å². The number of aliphatic hydroxyl groups is 3. The summed E-state index contributed by atoms with van der Waals surface area (Å²) >= 11 is 0. The number of carboxylic acid groups (broad SMARTS) is 1. The molecule has 1 heterocycles. The summed E-state index contributed by atoms with van der Waals surface area (Å²) in [6.07, 6.45) is -3.63. The van der Waals surface area contributed by atoms with Crippen LogP contribution in [0.25, 0.3) is 0 Å². The number of carboxylic acids is 1. The number of hydrogen-bond acceptors (Lipinski definition) is 7. The van der Waals surface area contributed by atoms with Crippen molar-refractivity contribution in [2.75, 3.05) is 6.61 Å². The maximum absolute atomic E-state index is 11.4. The number of rotatable bonds is 6. The summed E-state index contributed by atoms with van der Waals surface area (Å²) < 4.78 is 5.13. The maximum Gasteiger partial charge on any atom is 0.370 e. The molecule has 130 valence electrons. The van der Waals surface area contributed by atoms with Crippen LogP contribution in [0.4, 0.5) is 0 Å². The summed E-state index contributed by atoms with van der Waals surface area (Å²) in [6.45, 7) is 0.387. The maximum atomic E-state index is 11.4. The molecule has 9 N–H and O–H groups in total. The molecule has 0 radical (unpaired) electrons.